The number of amides is 2. The minimum atomic E-state index is -0.367. The molecule has 6 nitrogen and oxygen atoms in total. The molecule has 1 N–H and O–H groups in total. The number of methoxy groups -OCH3 is 1. The fourth-order valence-electron chi connectivity index (χ4n) is 3.44. The molecule has 1 aromatic rings. The van der Waals surface area contributed by atoms with E-state index in [-0.39, 0.29) is 41.9 Å². The van der Waals surface area contributed by atoms with E-state index < -0.39 is 0 Å². The van der Waals surface area contributed by atoms with Crippen LogP contribution in [0.4, 0.5) is 5.69 Å². The maximum Gasteiger partial charge on any atom is 0.240 e. The Bertz CT molecular complexity index is 671. The third kappa shape index (κ3) is 4.58. The van der Waals surface area contributed by atoms with Gasteiger partial charge in [0.2, 0.25) is 11.8 Å². The number of anilines is 1. The zero-order valence-corrected chi connectivity index (χ0v) is 15.7. The van der Waals surface area contributed by atoms with Gasteiger partial charge in [0, 0.05) is 23.9 Å². The molecule has 2 amide bonds. The zero-order chi connectivity index (χ0) is 18.5. The fraction of sp³-hybridized carbons (Fsp3) is 0.526. The van der Waals surface area contributed by atoms with Crippen molar-refractivity contribution in [3.63, 3.8) is 0 Å². The predicted molar refractivity (Wildman–Crippen MR) is 101 cm³/mol. The van der Waals surface area contributed by atoms with Crippen LogP contribution in [-0.2, 0) is 14.4 Å². The third-order valence-corrected chi connectivity index (χ3v) is 5.94. The molecule has 0 unspecified atom stereocenters. The summed E-state index contributed by atoms with van der Waals surface area (Å²) in [4.78, 5) is 38.5. The number of benzene rings is 1. The average Bonchev–Trinajstić information content (AvgIpc) is 3.31. The van der Waals surface area contributed by atoms with Crippen molar-refractivity contribution in [2.45, 2.75) is 38.1 Å². The summed E-state index contributed by atoms with van der Waals surface area (Å²) in [7, 11) is 1.58. The van der Waals surface area contributed by atoms with E-state index in [1.807, 2.05) is 0 Å². The van der Waals surface area contributed by atoms with Crippen molar-refractivity contribution < 1.29 is 19.1 Å². The number of ether oxygens (including phenoxy) is 1. The van der Waals surface area contributed by atoms with Gasteiger partial charge >= 0.3 is 0 Å². The van der Waals surface area contributed by atoms with E-state index in [1.165, 1.54) is 16.7 Å². The van der Waals surface area contributed by atoms with Crippen LogP contribution >= 0.6 is 11.8 Å². The van der Waals surface area contributed by atoms with E-state index in [9.17, 15) is 14.4 Å². The molecule has 2 aliphatic rings. The van der Waals surface area contributed by atoms with E-state index in [0.717, 1.165) is 25.7 Å². The third-order valence-electron chi connectivity index (χ3n) is 4.88. The number of rotatable bonds is 6. The molecule has 140 valence electrons. The second-order valence-electron chi connectivity index (χ2n) is 6.76. The predicted octanol–water partition coefficient (Wildman–Crippen LogP) is 2.37. The van der Waals surface area contributed by atoms with Gasteiger partial charge in [-0.05, 0) is 37.1 Å². The highest BCUT2D eigenvalue weighted by Crippen LogP contribution is 2.29. The standard InChI is InChI=1S/C19H24N2O4S/c1-25-16-8-6-15(7-9-16)21(19(24)13-10-18(23)26-12-13)11-17(22)20-14-4-2-3-5-14/h6-9,13-14H,2-5,10-12H2,1H3,(H,20,22)/t13-/m0/s1. The van der Waals surface area contributed by atoms with E-state index >= 15 is 0 Å². The topological polar surface area (TPSA) is 75.7 Å². The molecule has 3 rings (SSSR count). The molecule has 0 spiro atoms. The molecule has 1 heterocycles. The molecule has 7 heteroatoms. The Morgan fingerprint density at radius 1 is 1.23 bits per heavy atom. The lowest BCUT2D eigenvalue weighted by atomic mass is 10.1. The van der Waals surface area contributed by atoms with Crippen LogP contribution in [0.2, 0.25) is 0 Å². The van der Waals surface area contributed by atoms with Gasteiger partial charge in [0.05, 0.1) is 13.0 Å². The van der Waals surface area contributed by atoms with Crippen LogP contribution in [0, 0.1) is 5.92 Å². The van der Waals surface area contributed by atoms with Crippen LogP contribution in [0.15, 0.2) is 24.3 Å². The molecular weight excluding hydrogens is 352 g/mol. The fourth-order valence-corrected chi connectivity index (χ4v) is 4.40. The summed E-state index contributed by atoms with van der Waals surface area (Å²) in [6, 6.07) is 7.27. The summed E-state index contributed by atoms with van der Waals surface area (Å²) in [5.41, 5.74) is 0.640. The summed E-state index contributed by atoms with van der Waals surface area (Å²) in [6.07, 6.45) is 4.49. The summed E-state index contributed by atoms with van der Waals surface area (Å²) in [6.45, 7) is -0.0307. The number of hydrogen-bond donors (Lipinski definition) is 1. The first-order valence-corrected chi connectivity index (χ1v) is 9.96. The van der Waals surface area contributed by atoms with Crippen molar-refractivity contribution in [2.24, 2.45) is 5.92 Å². The Kier molecular flexibility index (Phi) is 6.19. The van der Waals surface area contributed by atoms with Crippen LogP contribution in [-0.4, -0.2) is 42.4 Å². The zero-order valence-electron chi connectivity index (χ0n) is 14.9. The first kappa shape index (κ1) is 18.8. The largest absolute Gasteiger partial charge is 0.497 e. The number of nitrogens with one attached hydrogen (secondary N) is 1. The van der Waals surface area contributed by atoms with E-state index in [4.69, 9.17) is 4.74 Å². The Morgan fingerprint density at radius 2 is 1.92 bits per heavy atom. The quantitative estimate of drug-likeness (QED) is 0.825. The molecule has 1 saturated heterocycles. The van der Waals surface area contributed by atoms with Gasteiger partial charge in [-0.15, -0.1) is 0 Å². The summed E-state index contributed by atoms with van der Waals surface area (Å²) in [5.74, 6) is 0.472. The summed E-state index contributed by atoms with van der Waals surface area (Å²) < 4.78 is 5.16. The Labute approximate surface area is 157 Å². The molecule has 0 bridgehead atoms. The first-order valence-electron chi connectivity index (χ1n) is 8.97. The van der Waals surface area contributed by atoms with E-state index in [0.29, 0.717) is 17.2 Å². The van der Waals surface area contributed by atoms with Gasteiger partial charge in [0.25, 0.3) is 0 Å². The molecule has 1 atom stereocenters. The normalized spacial score (nSPS) is 20.2. The van der Waals surface area contributed by atoms with E-state index in [1.54, 1.807) is 31.4 Å². The second kappa shape index (κ2) is 8.58. The van der Waals surface area contributed by atoms with Gasteiger partial charge in [-0.25, -0.2) is 0 Å². The van der Waals surface area contributed by atoms with Crippen LogP contribution in [0.1, 0.15) is 32.1 Å². The minimum absolute atomic E-state index is 0.0307. The smallest absolute Gasteiger partial charge is 0.240 e. The maximum atomic E-state index is 13.0. The number of hydrogen-bond acceptors (Lipinski definition) is 5. The number of thioether (sulfide) groups is 1. The van der Waals surface area contributed by atoms with Crippen molar-refractivity contribution in [3.8, 4) is 5.75 Å². The Morgan fingerprint density at radius 3 is 2.50 bits per heavy atom. The van der Waals surface area contributed by atoms with Crippen molar-refractivity contribution >= 4 is 34.4 Å². The summed E-state index contributed by atoms with van der Waals surface area (Å²) >= 11 is 1.19. The number of carbonyl (C=O) groups excluding carboxylic acids is 3. The maximum absolute atomic E-state index is 13.0. The van der Waals surface area contributed by atoms with Crippen molar-refractivity contribution in [1.82, 2.24) is 5.32 Å². The van der Waals surface area contributed by atoms with Gasteiger partial charge in [-0.3, -0.25) is 14.4 Å². The van der Waals surface area contributed by atoms with Gasteiger partial charge in [0.15, 0.2) is 5.12 Å². The Balaban J connectivity index is 1.74. The molecule has 0 aromatic heterocycles. The lowest BCUT2D eigenvalue weighted by molar-refractivity contribution is -0.126. The highest BCUT2D eigenvalue weighted by Gasteiger charge is 2.34. The van der Waals surface area contributed by atoms with Crippen molar-refractivity contribution in [1.29, 1.82) is 0 Å². The van der Waals surface area contributed by atoms with Crippen LogP contribution in [0.3, 0.4) is 0 Å². The average molecular weight is 376 g/mol. The van der Waals surface area contributed by atoms with Gasteiger partial charge in [-0.1, -0.05) is 24.6 Å². The van der Waals surface area contributed by atoms with Gasteiger partial charge in [-0.2, -0.15) is 0 Å². The molecule has 1 aliphatic heterocycles. The second-order valence-corrected chi connectivity index (χ2v) is 7.83. The summed E-state index contributed by atoms with van der Waals surface area (Å²) in [5, 5.41) is 3.06. The van der Waals surface area contributed by atoms with Gasteiger partial charge < -0.3 is 15.0 Å². The van der Waals surface area contributed by atoms with Crippen LogP contribution in [0.25, 0.3) is 0 Å². The van der Waals surface area contributed by atoms with Crippen molar-refractivity contribution in [2.75, 3.05) is 24.3 Å². The number of nitrogens with zero attached hydrogens (tertiary/aromatic N) is 1. The molecule has 2 fully saturated rings. The van der Waals surface area contributed by atoms with Crippen LogP contribution in [0.5, 0.6) is 5.75 Å². The van der Waals surface area contributed by atoms with Crippen molar-refractivity contribution in [3.05, 3.63) is 24.3 Å². The first-order chi connectivity index (χ1) is 12.6. The van der Waals surface area contributed by atoms with Gasteiger partial charge in [0.1, 0.15) is 12.3 Å². The monoisotopic (exact) mass is 376 g/mol. The Hall–Kier alpha value is -2.02. The highest BCUT2D eigenvalue weighted by atomic mass is 32.2. The molecule has 0 radical (unpaired) electrons. The minimum Gasteiger partial charge on any atom is -0.497 e. The molecule has 1 aromatic carbocycles. The van der Waals surface area contributed by atoms with Crippen LogP contribution < -0.4 is 15.0 Å². The molecule has 1 aliphatic carbocycles. The lowest BCUT2D eigenvalue weighted by Crippen LogP contribution is -2.45. The molecule has 26 heavy (non-hydrogen) atoms. The lowest BCUT2D eigenvalue weighted by Gasteiger charge is -2.26. The number of carbonyl (C=O) groups is 3. The molecular formula is C19H24N2O4S. The highest BCUT2D eigenvalue weighted by molar-refractivity contribution is 8.14. The SMILES string of the molecule is COc1ccc(N(CC(=O)NC2CCCC2)C(=O)[C@@H]2CSC(=O)C2)cc1. The molecule has 1 saturated carbocycles. The van der Waals surface area contributed by atoms with E-state index in [2.05, 4.69) is 5.32 Å².